The first-order chi connectivity index (χ1) is 7.04. The molecule has 6 heteroatoms. The normalized spacial score (nSPS) is 12.1. The second kappa shape index (κ2) is 3.62. The van der Waals surface area contributed by atoms with Gasteiger partial charge in [0, 0.05) is 18.8 Å². The van der Waals surface area contributed by atoms with Crippen molar-refractivity contribution in [2.45, 2.75) is 6.42 Å². The summed E-state index contributed by atoms with van der Waals surface area (Å²) in [7, 11) is -4.41. The Bertz CT molecular complexity index is 544. The highest BCUT2D eigenvalue weighted by Gasteiger charge is 2.09. The minimum Gasteiger partial charge on any atom is -0.307 e. The van der Waals surface area contributed by atoms with Gasteiger partial charge in [0.15, 0.2) is 0 Å². The van der Waals surface area contributed by atoms with Crippen LogP contribution in [0.3, 0.4) is 0 Å². The fraction of sp³-hybridized carbons (Fsp3) is 0.222. The Hall–Kier alpha value is -1.43. The average Bonchev–Trinajstić information content (AvgIpc) is 2.56. The number of halogens is 1. The van der Waals surface area contributed by atoms with E-state index in [9.17, 15) is 12.3 Å². The Kier molecular flexibility index (Phi) is 2.44. The number of fused-ring (bicyclic) bond motifs is 1. The van der Waals surface area contributed by atoms with E-state index in [1.54, 1.807) is 22.9 Å². The Morgan fingerprint density at radius 2 is 2.20 bits per heavy atom. The minimum atomic E-state index is -4.41. The molecule has 0 aliphatic heterocycles. The molecular formula is C9H9FN2O2S. The lowest BCUT2D eigenvalue weighted by molar-refractivity contribution is 0.551. The van der Waals surface area contributed by atoms with Gasteiger partial charge in [-0.1, -0.05) is 6.07 Å². The Morgan fingerprint density at radius 1 is 1.40 bits per heavy atom. The van der Waals surface area contributed by atoms with Crippen LogP contribution < -0.4 is 0 Å². The molecule has 0 amide bonds. The van der Waals surface area contributed by atoms with Gasteiger partial charge in [-0.05, 0) is 12.1 Å². The fourth-order valence-corrected chi connectivity index (χ4v) is 1.79. The summed E-state index contributed by atoms with van der Waals surface area (Å²) < 4.78 is 34.7. The molecule has 2 aromatic heterocycles. The maximum absolute atomic E-state index is 12.3. The van der Waals surface area contributed by atoms with Gasteiger partial charge in [0.2, 0.25) is 0 Å². The zero-order chi connectivity index (χ0) is 10.9. The monoisotopic (exact) mass is 228 g/mol. The predicted octanol–water partition coefficient (Wildman–Crippen LogP) is 1.18. The number of imidazole rings is 1. The van der Waals surface area contributed by atoms with Crippen molar-refractivity contribution in [2.24, 2.45) is 0 Å². The van der Waals surface area contributed by atoms with Crippen molar-refractivity contribution in [3.8, 4) is 0 Å². The van der Waals surface area contributed by atoms with Gasteiger partial charge in [-0.3, -0.25) is 0 Å². The van der Waals surface area contributed by atoms with Crippen LogP contribution in [0.25, 0.3) is 5.65 Å². The summed E-state index contributed by atoms with van der Waals surface area (Å²) in [4.78, 5) is 4.15. The molecule has 80 valence electrons. The molecule has 0 N–H and O–H groups in total. The lowest BCUT2D eigenvalue weighted by atomic mass is 10.4. The summed E-state index contributed by atoms with van der Waals surface area (Å²) in [6.07, 6.45) is 3.59. The highest BCUT2D eigenvalue weighted by Crippen LogP contribution is 2.06. The van der Waals surface area contributed by atoms with Gasteiger partial charge in [0.05, 0.1) is 11.4 Å². The van der Waals surface area contributed by atoms with Crippen molar-refractivity contribution in [3.63, 3.8) is 0 Å². The second-order valence-electron chi connectivity index (χ2n) is 3.19. The van der Waals surface area contributed by atoms with Crippen molar-refractivity contribution in [1.29, 1.82) is 0 Å². The molecule has 0 unspecified atom stereocenters. The fourth-order valence-electron chi connectivity index (χ4n) is 1.33. The van der Waals surface area contributed by atoms with E-state index >= 15 is 0 Å². The molecule has 15 heavy (non-hydrogen) atoms. The van der Waals surface area contributed by atoms with Crippen LogP contribution in [0.2, 0.25) is 0 Å². The van der Waals surface area contributed by atoms with E-state index in [1.165, 1.54) is 0 Å². The molecule has 0 radical (unpaired) electrons. The van der Waals surface area contributed by atoms with Crippen molar-refractivity contribution in [1.82, 2.24) is 9.38 Å². The SMILES string of the molecule is O=S(=O)(F)CCc1cn2ccccc2n1. The van der Waals surface area contributed by atoms with E-state index in [0.29, 0.717) is 5.69 Å². The van der Waals surface area contributed by atoms with Crippen LogP contribution in [0.4, 0.5) is 3.89 Å². The van der Waals surface area contributed by atoms with Gasteiger partial charge in [-0.15, -0.1) is 3.89 Å². The van der Waals surface area contributed by atoms with Crippen molar-refractivity contribution >= 4 is 15.9 Å². The van der Waals surface area contributed by atoms with Gasteiger partial charge in [0.1, 0.15) is 5.65 Å². The van der Waals surface area contributed by atoms with E-state index in [-0.39, 0.29) is 6.42 Å². The molecule has 0 saturated carbocycles. The van der Waals surface area contributed by atoms with Crippen LogP contribution in [0, 0.1) is 0 Å². The third-order valence-corrected chi connectivity index (χ3v) is 2.71. The molecule has 2 heterocycles. The maximum atomic E-state index is 12.3. The smallest absolute Gasteiger partial charge is 0.302 e. The first-order valence-electron chi connectivity index (χ1n) is 4.39. The summed E-state index contributed by atoms with van der Waals surface area (Å²) in [5.74, 6) is -0.517. The predicted molar refractivity (Wildman–Crippen MR) is 53.8 cm³/mol. The van der Waals surface area contributed by atoms with Crippen molar-refractivity contribution in [3.05, 3.63) is 36.3 Å². The van der Waals surface area contributed by atoms with Gasteiger partial charge < -0.3 is 4.40 Å². The molecule has 0 fully saturated rings. The van der Waals surface area contributed by atoms with E-state index in [2.05, 4.69) is 4.98 Å². The van der Waals surface area contributed by atoms with Gasteiger partial charge in [-0.2, -0.15) is 8.42 Å². The Morgan fingerprint density at radius 3 is 2.87 bits per heavy atom. The molecule has 0 aromatic carbocycles. The third-order valence-electron chi connectivity index (χ3n) is 2.02. The van der Waals surface area contributed by atoms with E-state index in [1.807, 2.05) is 12.1 Å². The van der Waals surface area contributed by atoms with Crippen LogP contribution in [0.5, 0.6) is 0 Å². The van der Waals surface area contributed by atoms with Crippen molar-refractivity contribution in [2.75, 3.05) is 5.75 Å². The zero-order valence-corrected chi connectivity index (χ0v) is 8.61. The minimum absolute atomic E-state index is 0.0977. The molecule has 0 aliphatic rings. The Labute approximate surface area is 86.6 Å². The lowest BCUT2D eigenvalue weighted by Crippen LogP contribution is -2.02. The first kappa shape index (κ1) is 10.1. The van der Waals surface area contributed by atoms with Gasteiger partial charge in [0.25, 0.3) is 0 Å². The third kappa shape index (κ3) is 2.53. The summed E-state index contributed by atoms with van der Waals surface area (Å²) in [5, 5.41) is 0. The average molecular weight is 228 g/mol. The summed E-state index contributed by atoms with van der Waals surface area (Å²) in [5.41, 5.74) is 1.30. The number of rotatable bonds is 3. The van der Waals surface area contributed by atoms with Gasteiger partial charge >= 0.3 is 10.2 Å². The van der Waals surface area contributed by atoms with Gasteiger partial charge in [-0.25, -0.2) is 4.98 Å². The number of nitrogens with zero attached hydrogens (tertiary/aromatic N) is 2. The highest BCUT2D eigenvalue weighted by atomic mass is 32.3. The summed E-state index contributed by atoms with van der Waals surface area (Å²) >= 11 is 0. The molecule has 0 bridgehead atoms. The number of aromatic nitrogens is 2. The molecule has 0 atom stereocenters. The van der Waals surface area contributed by atoms with Crippen LogP contribution in [-0.2, 0) is 16.6 Å². The first-order valence-corrected chi connectivity index (χ1v) is 5.95. The number of hydrogen-bond acceptors (Lipinski definition) is 3. The lowest BCUT2D eigenvalue weighted by Gasteiger charge is -1.90. The maximum Gasteiger partial charge on any atom is 0.302 e. The number of aryl methyl sites for hydroxylation is 1. The molecule has 2 rings (SSSR count). The number of hydrogen-bond donors (Lipinski definition) is 0. The summed E-state index contributed by atoms with van der Waals surface area (Å²) in [6, 6.07) is 5.47. The van der Waals surface area contributed by atoms with Crippen molar-refractivity contribution < 1.29 is 12.3 Å². The van der Waals surface area contributed by atoms with Crippen LogP contribution in [0.15, 0.2) is 30.6 Å². The molecular weight excluding hydrogens is 219 g/mol. The molecule has 0 aliphatic carbocycles. The molecule has 0 saturated heterocycles. The summed E-state index contributed by atoms with van der Waals surface area (Å²) in [6.45, 7) is 0. The number of pyridine rings is 1. The van der Waals surface area contributed by atoms with Crippen LogP contribution >= 0.6 is 0 Å². The van der Waals surface area contributed by atoms with Crippen LogP contribution in [0.1, 0.15) is 5.69 Å². The zero-order valence-electron chi connectivity index (χ0n) is 7.80. The van der Waals surface area contributed by atoms with Crippen LogP contribution in [-0.4, -0.2) is 23.6 Å². The topological polar surface area (TPSA) is 51.4 Å². The van der Waals surface area contributed by atoms with E-state index in [0.717, 1.165) is 5.65 Å². The molecule has 2 aromatic rings. The second-order valence-corrected chi connectivity index (χ2v) is 4.68. The highest BCUT2D eigenvalue weighted by molar-refractivity contribution is 7.86. The molecule has 4 nitrogen and oxygen atoms in total. The standard InChI is InChI=1S/C9H9FN2O2S/c10-15(13,14)6-4-8-7-12-5-2-1-3-9(12)11-8/h1-3,5,7H,4,6H2. The quantitative estimate of drug-likeness (QED) is 0.741. The van der Waals surface area contributed by atoms with E-state index in [4.69, 9.17) is 0 Å². The molecule has 0 spiro atoms. The Balaban J connectivity index is 2.23. The van der Waals surface area contributed by atoms with E-state index < -0.39 is 16.0 Å². The largest absolute Gasteiger partial charge is 0.307 e.